The highest BCUT2D eigenvalue weighted by atomic mass is 32.1. The quantitative estimate of drug-likeness (QED) is 0.784. The molecule has 1 heterocycles. The first-order chi connectivity index (χ1) is 11.1. The van der Waals surface area contributed by atoms with Crippen LogP contribution in [-0.2, 0) is 5.54 Å². The Balaban J connectivity index is 2.01. The smallest absolute Gasteiger partial charge is 0.263 e. The van der Waals surface area contributed by atoms with Crippen molar-refractivity contribution in [2.75, 3.05) is 0 Å². The third-order valence-corrected chi connectivity index (χ3v) is 4.82. The van der Waals surface area contributed by atoms with E-state index in [1.54, 1.807) is 6.20 Å². The molecule has 0 aliphatic carbocycles. The van der Waals surface area contributed by atoms with Crippen molar-refractivity contribution in [2.45, 2.75) is 19.4 Å². The molecule has 0 saturated heterocycles. The second-order valence-electron chi connectivity index (χ2n) is 5.55. The van der Waals surface area contributed by atoms with Gasteiger partial charge in [0.05, 0.1) is 16.7 Å². The van der Waals surface area contributed by atoms with Crippen molar-refractivity contribution in [3.8, 4) is 0 Å². The first-order valence-corrected chi connectivity index (χ1v) is 8.27. The number of nitrogens with zero attached hydrogens (tertiary/aromatic N) is 1. The van der Waals surface area contributed by atoms with Gasteiger partial charge in [-0.15, -0.1) is 11.3 Å². The van der Waals surface area contributed by atoms with Gasteiger partial charge in [0.2, 0.25) is 0 Å². The molecule has 4 heteroatoms. The summed E-state index contributed by atoms with van der Waals surface area (Å²) in [7, 11) is 0. The summed E-state index contributed by atoms with van der Waals surface area (Å²) in [6.07, 6.45) is 1.63. The SMILES string of the molecule is Cc1ncc(C(=O)NC(C)(c2ccccc2)c2ccccc2)s1. The van der Waals surface area contributed by atoms with Crippen LogP contribution in [0.2, 0.25) is 0 Å². The van der Waals surface area contributed by atoms with Crippen LogP contribution < -0.4 is 5.32 Å². The Morgan fingerprint density at radius 1 is 1.00 bits per heavy atom. The summed E-state index contributed by atoms with van der Waals surface area (Å²) in [5.41, 5.74) is 1.49. The predicted octanol–water partition coefficient (Wildman–Crippen LogP) is 4.15. The van der Waals surface area contributed by atoms with E-state index in [2.05, 4.69) is 10.3 Å². The van der Waals surface area contributed by atoms with E-state index in [1.165, 1.54) is 11.3 Å². The fourth-order valence-electron chi connectivity index (χ4n) is 2.61. The molecule has 23 heavy (non-hydrogen) atoms. The molecule has 0 fully saturated rings. The largest absolute Gasteiger partial charge is 0.338 e. The van der Waals surface area contributed by atoms with Crippen LogP contribution in [0.15, 0.2) is 66.9 Å². The number of benzene rings is 2. The maximum absolute atomic E-state index is 12.7. The van der Waals surface area contributed by atoms with Crippen LogP contribution in [0.5, 0.6) is 0 Å². The fraction of sp³-hybridized carbons (Fsp3) is 0.158. The molecular formula is C19H18N2OS. The second-order valence-corrected chi connectivity index (χ2v) is 6.79. The molecule has 1 aromatic heterocycles. The molecule has 0 saturated carbocycles. The third-order valence-electron chi connectivity index (χ3n) is 3.91. The summed E-state index contributed by atoms with van der Waals surface area (Å²) in [6.45, 7) is 3.93. The topological polar surface area (TPSA) is 42.0 Å². The summed E-state index contributed by atoms with van der Waals surface area (Å²) in [5.74, 6) is -0.106. The monoisotopic (exact) mass is 322 g/mol. The summed E-state index contributed by atoms with van der Waals surface area (Å²) >= 11 is 1.40. The maximum atomic E-state index is 12.7. The number of aromatic nitrogens is 1. The number of thiazole rings is 1. The maximum Gasteiger partial charge on any atom is 0.263 e. The minimum atomic E-state index is -0.600. The molecule has 0 bridgehead atoms. The van der Waals surface area contributed by atoms with Gasteiger partial charge >= 0.3 is 0 Å². The lowest BCUT2D eigenvalue weighted by Gasteiger charge is -2.32. The van der Waals surface area contributed by atoms with Crippen molar-refractivity contribution in [2.24, 2.45) is 0 Å². The Morgan fingerprint density at radius 3 is 1.96 bits per heavy atom. The second kappa shape index (κ2) is 6.34. The Kier molecular flexibility index (Phi) is 4.26. The number of carbonyl (C=O) groups is 1. The van der Waals surface area contributed by atoms with E-state index in [9.17, 15) is 4.79 Å². The normalized spacial score (nSPS) is 11.2. The molecule has 1 amide bonds. The minimum absolute atomic E-state index is 0.106. The van der Waals surface area contributed by atoms with Crippen molar-refractivity contribution >= 4 is 17.2 Å². The lowest BCUT2D eigenvalue weighted by molar-refractivity contribution is 0.0923. The molecule has 1 N–H and O–H groups in total. The van der Waals surface area contributed by atoms with Crippen molar-refractivity contribution in [1.82, 2.24) is 10.3 Å². The molecule has 0 unspecified atom stereocenters. The van der Waals surface area contributed by atoms with Gasteiger partial charge in [-0.3, -0.25) is 4.79 Å². The van der Waals surface area contributed by atoms with Gasteiger partial charge in [-0.25, -0.2) is 4.98 Å². The molecule has 3 aromatic rings. The molecule has 0 aliphatic rings. The number of nitrogens with one attached hydrogen (secondary N) is 1. The summed E-state index contributed by atoms with van der Waals surface area (Å²) in [6, 6.07) is 20.0. The molecule has 0 aliphatic heterocycles. The average molecular weight is 322 g/mol. The van der Waals surface area contributed by atoms with E-state index in [4.69, 9.17) is 0 Å². The number of rotatable bonds is 4. The number of hydrogen-bond donors (Lipinski definition) is 1. The van der Waals surface area contributed by atoms with E-state index in [0.717, 1.165) is 16.1 Å². The van der Waals surface area contributed by atoms with Gasteiger partial charge in [-0.05, 0) is 25.0 Å². The third kappa shape index (κ3) is 3.17. The zero-order valence-corrected chi connectivity index (χ0v) is 13.9. The molecular weight excluding hydrogens is 304 g/mol. The lowest BCUT2D eigenvalue weighted by Crippen LogP contribution is -2.44. The van der Waals surface area contributed by atoms with Gasteiger partial charge in [-0.2, -0.15) is 0 Å². The number of amides is 1. The Labute approximate surface area is 140 Å². The van der Waals surface area contributed by atoms with Crippen LogP contribution in [0.25, 0.3) is 0 Å². The van der Waals surface area contributed by atoms with Crippen molar-refractivity contribution in [3.63, 3.8) is 0 Å². The van der Waals surface area contributed by atoms with Crippen LogP contribution in [0.1, 0.15) is 32.7 Å². The highest BCUT2D eigenvalue weighted by Crippen LogP contribution is 2.29. The van der Waals surface area contributed by atoms with E-state index in [-0.39, 0.29) is 5.91 Å². The zero-order valence-electron chi connectivity index (χ0n) is 13.1. The van der Waals surface area contributed by atoms with Crippen LogP contribution in [0.4, 0.5) is 0 Å². The molecule has 0 radical (unpaired) electrons. The molecule has 116 valence electrons. The van der Waals surface area contributed by atoms with Gasteiger partial charge in [-0.1, -0.05) is 60.7 Å². The minimum Gasteiger partial charge on any atom is -0.338 e. The summed E-state index contributed by atoms with van der Waals surface area (Å²) in [4.78, 5) is 17.5. The van der Waals surface area contributed by atoms with Crippen LogP contribution in [0.3, 0.4) is 0 Å². The average Bonchev–Trinajstić information content (AvgIpc) is 3.03. The highest BCUT2D eigenvalue weighted by Gasteiger charge is 2.31. The van der Waals surface area contributed by atoms with Gasteiger partial charge in [0, 0.05) is 0 Å². The first kappa shape index (κ1) is 15.4. The predicted molar refractivity (Wildman–Crippen MR) is 93.7 cm³/mol. The van der Waals surface area contributed by atoms with Gasteiger partial charge in [0.1, 0.15) is 4.88 Å². The van der Waals surface area contributed by atoms with Crippen molar-refractivity contribution in [3.05, 3.63) is 87.9 Å². The van der Waals surface area contributed by atoms with Crippen LogP contribution >= 0.6 is 11.3 Å². The Bertz CT molecular complexity index is 757. The van der Waals surface area contributed by atoms with Crippen LogP contribution in [-0.4, -0.2) is 10.9 Å². The Hall–Kier alpha value is -2.46. The van der Waals surface area contributed by atoms with Crippen molar-refractivity contribution < 1.29 is 4.79 Å². The van der Waals surface area contributed by atoms with Gasteiger partial charge < -0.3 is 5.32 Å². The zero-order chi connectivity index (χ0) is 16.3. The number of hydrogen-bond acceptors (Lipinski definition) is 3. The number of carbonyl (C=O) groups excluding carboxylic acids is 1. The van der Waals surface area contributed by atoms with Crippen molar-refractivity contribution in [1.29, 1.82) is 0 Å². The lowest BCUT2D eigenvalue weighted by atomic mass is 9.84. The standard InChI is InChI=1S/C19H18N2OS/c1-14-20-13-17(23-14)18(22)21-19(2,15-9-5-3-6-10-15)16-11-7-4-8-12-16/h3-13H,1-2H3,(H,21,22). The van der Waals surface area contributed by atoms with E-state index in [0.29, 0.717) is 4.88 Å². The molecule has 2 aromatic carbocycles. The number of aryl methyl sites for hydroxylation is 1. The highest BCUT2D eigenvalue weighted by molar-refractivity contribution is 7.13. The first-order valence-electron chi connectivity index (χ1n) is 7.45. The van der Waals surface area contributed by atoms with Gasteiger partial charge in [0.25, 0.3) is 5.91 Å². The molecule has 3 nitrogen and oxygen atoms in total. The molecule has 0 spiro atoms. The van der Waals surface area contributed by atoms with E-state index < -0.39 is 5.54 Å². The fourth-order valence-corrected chi connectivity index (χ4v) is 3.28. The summed E-state index contributed by atoms with van der Waals surface area (Å²) < 4.78 is 0. The summed E-state index contributed by atoms with van der Waals surface area (Å²) in [5, 5.41) is 4.07. The Morgan fingerprint density at radius 2 is 1.52 bits per heavy atom. The molecule has 3 rings (SSSR count). The van der Waals surface area contributed by atoms with E-state index >= 15 is 0 Å². The molecule has 0 atom stereocenters. The van der Waals surface area contributed by atoms with Gasteiger partial charge in [0.15, 0.2) is 0 Å². The van der Waals surface area contributed by atoms with Crippen LogP contribution in [0, 0.1) is 6.92 Å². The van der Waals surface area contributed by atoms with E-state index in [1.807, 2.05) is 74.5 Å².